The quantitative estimate of drug-likeness (QED) is 0.239. The van der Waals surface area contributed by atoms with Gasteiger partial charge in [-0.25, -0.2) is 0 Å². The summed E-state index contributed by atoms with van der Waals surface area (Å²) in [7, 11) is 0. The van der Waals surface area contributed by atoms with Crippen LogP contribution in [-0.2, 0) is 0 Å². The molecule has 0 aromatic rings. The third-order valence-electron chi connectivity index (χ3n) is 0. The predicted molar refractivity (Wildman–Crippen MR) is 28.8 cm³/mol. The maximum absolute atomic E-state index is 0. The minimum absolute atomic E-state index is 0. The molecule has 144 valence electrons. The summed E-state index contributed by atoms with van der Waals surface area (Å²) in [6.45, 7) is 0. The summed E-state index contributed by atoms with van der Waals surface area (Å²) in [5.41, 5.74) is 0. The predicted octanol–water partition coefficient (Wildman–Crippen LogP) is -55.8. The first-order valence-corrected chi connectivity index (χ1v) is 0. The van der Waals surface area contributed by atoms with Gasteiger partial charge in [0, 0.05) is 0 Å². The molecule has 0 unspecified atom stereocenters. The van der Waals surface area contributed by atoms with Crippen molar-refractivity contribution in [2.75, 3.05) is 0 Å². The van der Waals surface area contributed by atoms with E-state index in [1.54, 1.807) is 0 Å². The van der Waals surface area contributed by atoms with Gasteiger partial charge in [-0.2, -0.15) is 0 Å². The molecule has 0 rings (SSSR count). The molecule has 0 N–H and O–H groups in total. The van der Waals surface area contributed by atoms with Gasteiger partial charge in [0.1, 0.15) is 0 Å². The summed E-state index contributed by atoms with van der Waals surface area (Å²) >= 11 is 0. The summed E-state index contributed by atoms with van der Waals surface area (Å²) in [6, 6.07) is 0. The zero-order chi connectivity index (χ0) is 0. The molecule has 0 amide bonds. The Kier molecular flexibility index (Phi) is 123000000. The van der Waals surface area contributed by atoms with Gasteiger partial charge in [-0.1, -0.05) is 0 Å². The standard InChI is InChI=1S/2Al.18FH.3Si/h;;18*1H;;;/q2*+3;;;;;;;;;;;;;;;;;;;3*+4/p-18. The van der Waals surface area contributed by atoms with Gasteiger partial charge in [0.25, 0.3) is 0 Å². The molecule has 0 spiro atoms. The largest absolute Gasteiger partial charge is 4.00 e. The van der Waals surface area contributed by atoms with Crippen LogP contribution < -0.4 is 84.7 Å². The number of halogens is 18. The molecule has 0 bridgehead atoms. The second kappa shape index (κ2) is 49800. The Morgan fingerprint density at radius 3 is 0.130 bits per heavy atom. The van der Waals surface area contributed by atoms with Crippen LogP contribution >= 0.6 is 0 Å². The normalized spacial score (nSPS) is 0. The van der Waals surface area contributed by atoms with Gasteiger partial charge < -0.3 is 84.7 Å². The van der Waals surface area contributed by atoms with E-state index >= 15 is 0 Å². The van der Waals surface area contributed by atoms with Crippen LogP contribution in [0.4, 0.5) is 0 Å². The summed E-state index contributed by atoms with van der Waals surface area (Å²) in [5.74, 6) is 0. The molecule has 0 aliphatic carbocycles. The minimum atomic E-state index is 0. The first kappa shape index (κ1) is 57000. The van der Waals surface area contributed by atoms with Crippen molar-refractivity contribution in [2.24, 2.45) is 0 Å². The van der Waals surface area contributed by atoms with Crippen molar-refractivity contribution in [1.82, 2.24) is 0 Å². The van der Waals surface area contributed by atoms with Gasteiger partial charge in [0.15, 0.2) is 0 Å². The van der Waals surface area contributed by atoms with E-state index in [4.69, 9.17) is 0 Å². The van der Waals surface area contributed by atoms with Crippen molar-refractivity contribution in [3.8, 4) is 0 Å². The molecule has 0 radical (unpaired) electrons. The number of rotatable bonds is 0. The summed E-state index contributed by atoms with van der Waals surface area (Å²) < 4.78 is 0. The van der Waals surface area contributed by atoms with Crippen LogP contribution in [0.3, 0.4) is 0 Å². The van der Waals surface area contributed by atoms with E-state index in [2.05, 4.69) is 0 Å². The topological polar surface area (TPSA) is 0 Å². The maximum Gasteiger partial charge on any atom is 4.00 e. The molecule has 0 nitrogen and oxygen atoms in total. The second-order valence-corrected chi connectivity index (χ2v) is 0. The molecule has 0 aromatic carbocycles. The van der Waals surface area contributed by atoms with Crippen molar-refractivity contribution in [2.45, 2.75) is 0 Å². The average molecular weight is 480 g/mol. The van der Waals surface area contributed by atoms with Crippen molar-refractivity contribution < 1.29 is 84.7 Å². The molecule has 0 aromatic heterocycles. The molecular formula is Al2F18Si3. The van der Waals surface area contributed by atoms with Crippen LogP contribution in [0.25, 0.3) is 0 Å². The molecule has 0 heterocycles. The van der Waals surface area contributed by atoms with Gasteiger partial charge in [-0.3, -0.25) is 0 Å². The first-order valence-electron chi connectivity index (χ1n) is 0. The fraction of sp³-hybridized carbons (Fsp3) is 0. The number of hydrogen-bond donors (Lipinski definition) is 0. The van der Waals surface area contributed by atoms with Gasteiger partial charge >= 0.3 is 67.6 Å². The Balaban J connectivity index is 0. The monoisotopic (exact) mass is 480 g/mol. The smallest absolute Gasteiger partial charge is 1.00 e. The average Bonchev–Trinajstić information content (AvgIpc) is 0. The van der Waals surface area contributed by atoms with Crippen LogP contribution in [-0.4, -0.2) is 67.6 Å². The zero-order valence-corrected chi connectivity index (χ0v) is 14.8. The van der Waals surface area contributed by atoms with Crippen LogP contribution in [0.1, 0.15) is 0 Å². The second-order valence-electron chi connectivity index (χ2n) is 0. The Morgan fingerprint density at radius 1 is 0.130 bits per heavy atom. The number of hydrogen-bond acceptors (Lipinski definition) is 0. The van der Waals surface area contributed by atoms with E-state index in [1.807, 2.05) is 0 Å². The Morgan fingerprint density at radius 2 is 0.130 bits per heavy atom. The molecule has 0 saturated carbocycles. The van der Waals surface area contributed by atoms with E-state index in [0.717, 1.165) is 0 Å². The van der Waals surface area contributed by atoms with Crippen molar-refractivity contribution in [3.05, 3.63) is 0 Å². The van der Waals surface area contributed by atoms with Crippen LogP contribution in [0.15, 0.2) is 0 Å². The van der Waals surface area contributed by atoms with Crippen LogP contribution in [0.2, 0.25) is 0 Å². The third kappa shape index (κ3) is 45300. The molecule has 0 aliphatic heterocycles. The van der Waals surface area contributed by atoms with Gasteiger partial charge in [0.2, 0.25) is 0 Å². The van der Waals surface area contributed by atoms with E-state index in [9.17, 15) is 0 Å². The van der Waals surface area contributed by atoms with Crippen LogP contribution in [0, 0.1) is 0 Å². The molecule has 23 heteroatoms. The van der Waals surface area contributed by atoms with Gasteiger partial charge in [-0.15, -0.1) is 0 Å². The van der Waals surface area contributed by atoms with E-state index in [0.29, 0.717) is 0 Å². The third-order valence-corrected chi connectivity index (χ3v) is 0. The van der Waals surface area contributed by atoms with Gasteiger partial charge in [-0.05, 0) is 0 Å². The fourth-order valence-electron chi connectivity index (χ4n) is 0. The van der Waals surface area contributed by atoms with E-state index in [1.165, 1.54) is 0 Å². The Bertz CT molecular complexity index is 22.2. The van der Waals surface area contributed by atoms with E-state index in [-0.39, 0.29) is 152 Å². The zero-order valence-electron chi connectivity index (χ0n) is 9.46. The van der Waals surface area contributed by atoms with Crippen molar-refractivity contribution >= 4 is 67.6 Å². The fourth-order valence-corrected chi connectivity index (χ4v) is 0. The first-order chi connectivity index (χ1) is 0. The molecule has 0 aliphatic rings. The van der Waals surface area contributed by atoms with Crippen molar-refractivity contribution in [3.63, 3.8) is 0 Å². The van der Waals surface area contributed by atoms with Crippen molar-refractivity contribution in [1.29, 1.82) is 0 Å². The summed E-state index contributed by atoms with van der Waals surface area (Å²) in [5, 5.41) is 0. The summed E-state index contributed by atoms with van der Waals surface area (Å²) in [6.07, 6.45) is 0. The van der Waals surface area contributed by atoms with Crippen LogP contribution in [0.5, 0.6) is 0 Å². The SMILES string of the molecule is [Al+3].[Al+3].[F-].[F-].[F-].[F-].[F-].[F-].[F-].[F-].[F-].[F-].[F-].[F-].[F-].[F-].[F-].[F-].[F-].[F-].[Si+4].[Si+4].[Si+4]. The maximum atomic E-state index is 0. The molecule has 0 atom stereocenters. The Hall–Kier alpha value is 0.456. The molecule has 0 fully saturated rings. The van der Waals surface area contributed by atoms with Gasteiger partial charge in [0.05, 0.1) is 0 Å². The minimum Gasteiger partial charge on any atom is -1.00 e. The Labute approximate surface area is 153 Å². The molecule has 0 saturated heterocycles. The van der Waals surface area contributed by atoms with E-state index < -0.39 is 0 Å². The molecular weight excluding hydrogens is 480 g/mol. The molecule has 23 heavy (non-hydrogen) atoms. The summed E-state index contributed by atoms with van der Waals surface area (Å²) in [4.78, 5) is 0.